The Morgan fingerprint density at radius 3 is 2.68 bits per heavy atom. The summed E-state index contributed by atoms with van der Waals surface area (Å²) in [5, 5.41) is 22.5. The van der Waals surface area contributed by atoms with Gasteiger partial charge in [0.1, 0.15) is 0 Å². The van der Waals surface area contributed by atoms with E-state index in [1.165, 1.54) is 12.1 Å². The fourth-order valence-corrected chi connectivity index (χ4v) is 1.65. The molecule has 102 valence electrons. The lowest BCUT2D eigenvalue weighted by Crippen LogP contribution is -2.18. The second-order valence-corrected chi connectivity index (χ2v) is 4.57. The number of hydrogen-bond donors (Lipinski definition) is 3. The van der Waals surface area contributed by atoms with E-state index in [2.05, 4.69) is 10.1 Å². The topological polar surface area (TPSA) is 105 Å². The Hall–Kier alpha value is -2.08. The van der Waals surface area contributed by atoms with E-state index >= 15 is 0 Å². The van der Waals surface area contributed by atoms with Crippen LogP contribution in [0.5, 0.6) is 11.5 Å². The molecule has 0 aliphatic heterocycles. The molecule has 0 aliphatic rings. The van der Waals surface area contributed by atoms with Crippen LogP contribution >= 0.6 is 0 Å². The highest BCUT2D eigenvalue weighted by atomic mass is 16.5. The largest absolute Gasteiger partial charge is 0.504 e. The van der Waals surface area contributed by atoms with Crippen molar-refractivity contribution in [3.05, 3.63) is 24.1 Å². The molecule has 0 fully saturated rings. The molecule has 6 nitrogen and oxygen atoms in total. The van der Waals surface area contributed by atoms with Gasteiger partial charge in [-0.05, 0) is 24.1 Å². The third kappa shape index (κ3) is 2.68. The fraction of sp³-hybridized carbons (Fsp3) is 0.385. The zero-order chi connectivity index (χ0) is 14.0. The number of hydrogen-bond acceptors (Lipinski definition) is 6. The summed E-state index contributed by atoms with van der Waals surface area (Å²) in [6.45, 7) is 4.06. The van der Waals surface area contributed by atoms with Crippen LogP contribution in [0.25, 0.3) is 11.4 Å². The molecule has 1 aromatic carbocycles. The Bertz CT molecular complexity index is 568. The van der Waals surface area contributed by atoms with Gasteiger partial charge in [0.2, 0.25) is 11.7 Å². The Balaban J connectivity index is 2.27. The summed E-state index contributed by atoms with van der Waals surface area (Å²) in [5.74, 6) is 0.529. The summed E-state index contributed by atoms with van der Waals surface area (Å²) in [6.07, 6.45) is 0.916. The van der Waals surface area contributed by atoms with E-state index < -0.39 is 0 Å². The van der Waals surface area contributed by atoms with Crippen LogP contribution < -0.4 is 5.73 Å². The average molecular weight is 263 g/mol. The minimum Gasteiger partial charge on any atom is -0.504 e. The average Bonchev–Trinajstić information content (AvgIpc) is 2.89. The maximum atomic E-state index is 9.44. The molecule has 2 rings (SSSR count). The highest BCUT2D eigenvalue weighted by Crippen LogP contribution is 2.30. The van der Waals surface area contributed by atoms with Crippen LogP contribution in [0.3, 0.4) is 0 Å². The molecule has 0 saturated carbocycles. The smallest absolute Gasteiger partial charge is 0.244 e. The van der Waals surface area contributed by atoms with Crippen molar-refractivity contribution in [2.75, 3.05) is 0 Å². The molecule has 4 N–H and O–H groups in total. The Morgan fingerprint density at radius 2 is 2.05 bits per heavy atom. The van der Waals surface area contributed by atoms with Crippen molar-refractivity contribution in [1.82, 2.24) is 10.1 Å². The number of rotatable bonds is 4. The number of nitrogens with zero attached hydrogens (tertiary/aromatic N) is 2. The number of phenols is 2. The van der Waals surface area contributed by atoms with Gasteiger partial charge >= 0.3 is 0 Å². The van der Waals surface area contributed by atoms with Crippen LogP contribution in [0.4, 0.5) is 0 Å². The molecular weight excluding hydrogens is 246 g/mol. The lowest BCUT2D eigenvalue weighted by molar-refractivity contribution is 0.312. The van der Waals surface area contributed by atoms with Gasteiger partial charge in [-0.25, -0.2) is 0 Å². The molecule has 19 heavy (non-hydrogen) atoms. The zero-order valence-corrected chi connectivity index (χ0v) is 10.9. The molecule has 2 aromatic rings. The molecule has 0 amide bonds. The van der Waals surface area contributed by atoms with Gasteiger partial charge in [-0.2, -0.15) is 4.98 Å². The van der Waals surface area contributed by atoms with Crippen LogP contribution in [0.1, 0.15) is 32.2 Å². The molecule has 0 spiro atoms. The summed E-state index contributed by atoms with van der Waals surface area (Å²) in [6, 6.07) is 4.03. The second-order valence-electron chi connectivity index (χ2n) is 4.57. The van der Waals surface area contributed by atoms with E-state index in [0.717, 1.165) is 6.42 Å². The molecule has 6 heteroatoms. The first-order valence-corrected chi connectivity index (χ1v) is 6.14. The lowest BCUT2D eigenvalue weighted by Gasteiger charge is -2.12. The molecule has 1 aromatic heterocycles. The van der Waals surface area contributed by atoms with E-state index in [4.69, 9.17) is 10.3 Å². The van der Waals surface area contributed by atoms with Crippen LogP contribution in [-0.2, 0) is 0 Å². The molecule has 0 saturated heterocycles. The first kappa shape index (κ1) is 13.4. The van der Waals surface area contributed by atoms with Crippen molar-refractivity contribution in [1.29, 1.82) is 0 Å². The summed E-state index contributed by atoms with van der Waals surface area (Å²) in [5.41, 5.74) is 6.57. The van der Waals surface area contributed by atoms with Gasteiger partial charge in [0.25, 0.3) is 0 Å². The first-order valence-electron chi connectivity index (χ1n) is 6.14. The van der Waals surface area contributed by atoms with Gasteiger partial charge in [0.15, 0.2) is 11.5 Å². The van der Waals surface area contributed by atoms with Crippen molar-refractivity contribution in [3.63, 3.8) is 0 Å². The lowest BCUT2D eigenvalue weighted by atomic mass is 10.0. The van der Waals surface area contributed by atoms with Crippen molar-refractivity contribution < 1.29 is 14.7 Å². The third-order valence-electron chi connectivity index (χ3n) is 3.22. The minimum absolute atomic E-state index is 0.191. The SMILES string of the molecule is CC[C@H](C)[C@H](N)c1nc(-c2ccc(O)c(O)c2)no1. The van der Waals surface area contributed by atoms with Crippen molar-refractivity contribution in [2.24, 2.45) is 11.7 Å². The van der Waals surface area contributed by atoms with Gasteiger partial charge in [-0.3, -0.25) is 0 Å². The van der Waals surface area contributed by atoms with Crippen LogP contribution in [0.15, 0.2) is 22.7 Å². The monoisotopic (exact) mass is 263 g/mol. The van der Waals surface area contributed by atoms with Gasteiger partial charge < -0.3 is 20.5 Å². The Morgan fingerprint density at radius 1 is 1.32 bits per heavy atom. The Kier molecular flexibility index (Phi) is 3.71. The number of phenolic OH excluding ortho intramolecular Hbond substituents is 2. The minimum atomic E-state index is -0.308. The first-order chi connectivity index (χ1) is 9.02. The highest BCUT2D eigenvalue weighted by molar-refractivity contribution is 5.59. The molecule has 0 bridgehead atoms. The maximum Gasteiger partial charge on any atom is 0.244 e. The molecule has 0 unspecified atom stereocenters. The normalized spacial score (nSPS) is 14.3. The van der Waals surface area contributed by atoms with E-state index in [1.807, 2.05) is 13.8 Å². The fourth-order valence-electron chi connectivity index (χ4n) is 1.65. The number of aromatic hydroxyl groups is 2. The van der Waals surface area contributed by atoms with Crippen LogP contribution in [-0.4, -0.2) is 20.4 Å². The summed E-state index contributed by atoms with van der Waals surface area (Å²) >= 11 is 0. The summed E-state index contributed by atoms with van der Waals surface area (Å²) < 4.78 is 5.14. The van der Waals surface area contributed by atoms with Crippen molar-refractivity contribution in [3.8, 4) is 22.9 Å². The van der Waals surface area contributed by atoms with Crippen LogP contribution in [0.2, 0.25) is 0 Å². The molecule has 1 heterocycles. The number of nitrogens with two attached hydrogens (primary N) is 1. The number of aromatic nitrogens is 2. The second kappa shape index (κ2) is 5.27. The molecule has 0 aliphatic carbocycles. The molecule has 0 radical (unpaired) electrons. The quantitative estimate of drug-likeness (QED) is 0.730. The van der Waals surface area contributed by atoms with E-state index in [-0.39, 0.29) is 23.5 Å². The number of benzene rings is 1. The molecule has 2 atom stereocenters. The standard InChI is InChI=1S/C13H17N3O3/c1-3-7(2)11(14)13-15-12(16-19-13)8-4-5-9(17)10(18)6-8/h4-7,11,17-18H,3,14H2,1-2H3/t7-,11-/m0/s1. The van der Waals surface area contributed by atoms with Gasteiger partial charge in [0.05, 0.1) is 6.04 Å². The zero-order valence-electron chi connectivity index (χ0n) is 10.9. The predicted molar refractivity (Wildman–Crippen MR) is 69.4 cm³/mol. The predicted octanol–water partition coefficient (Wildman–Crippen LogP) is 2.19. The Labute approximate surface area is 110 Å². The van der Waals surface area contributed by atoms with Crippen molar-refractivity contribution >= 4 is 0 Å². The summed E-state index contributed by atoms with van der Waals surface area (Å²) in [7, 11) is 0. The van der Waals surface area contributed by atoms with Gasteiger partial charge in [0, 0.05) is 5.56 Å². The van der Waals surface area contributed by atoms with E-state index in [1.54, 1.807) is 6.07 Å². The van der Waals surface area contributed by atoms with E-state index in [9.17, 15) is 10.2 Å². The van der Waals surface area contributed by atoms with Crippen LogP contribution in [0, 0.1) is 5.92 Å². The highest BCUT2D eigenvalue weighted by Gasteiger charge is 2.20. The van der Waals surface area contributed by atoms with Crippen molar-refractivity contribution in [2.45, 2.75) is 26.3 Å². The summed E-state index contributed by atoms with van der Waals surface area (Å²) in [4.78, 5) is 4.22. The maximum absolute atomic E-state index is 9.44. The molecular formula is C13H17N3O3. The third-order valence-corrected chi connectivity index (χ3v) is 3.22. The van der Waals surface area contributed by atoms with Gasteiger partial charge in [-0.15, -0.1) is 0 Å². The van der Waals surface area contributed by atoms with Gasteiger partial charge in [-0.1, -0.05) is 25.4 Å². The van der Waals surface area contributed by atoms with E-state index in [0.29, 0.717) is 17.3 Å².